The molecule has 3 rings (SSSR count). The van der Waals surface area contributed by atoms with Crippen molar-refractivity contribution in [1.29, 1.82) is 5.26 Å². The van der Waals surface area contributed by atoms with Crippen LogP contribution in [-0.4, -0.2) is 13.0 Å². The third-order valence-electron chi connectivity index (χ3n) is 4.77. The monoisotopic (exact) mass is 588 g/mol. The van der Waals surface area contributed by atoms with Gasteiger partial charge in [-0.25, -0.2) is 0 Å². The van der Waals surface area contributed by atoms with Crippen LogP contribution in [0.5, 0.6) is 11.5 Å². The molecule has 0 aromatic heterocycles. The Hall–Kier alpha value is -2.79. The fraction of sp³-hybridized carbons (Fsp3) is 0.120. The zero-order chi connectivity index (χ0) is 24.0. The minimum atomic E-state index is -0.538. The quantitative estimate of drug-likeness (QED) is 0.231. The Morgan fingerprint density at radius 1 is 1.15 bits per heavy atom. The van der Waals surface area contributed by atoms with E-state index in [4.69, 9.17) is 21.1 Å². The summed E-state index contributed by atoms with van der Waals surface area (Å²) in [5.74, 6) is 0.469. The molecule has 5 nitrogen and oxygen atoms in total. The molecule has 0 aliphatic heterocycles. The standard InChI is InChI=1S/C25H19Br2ClN2O3/c1-15-21(28)4-3-5-22(15)30-25(31)18(13-29)10-17-11-23(32-2)24(12-20(17)27)33-14-16-6-8-19(26)9-7-16/h3-12H,14H2,1-2H3,(H,30,31)/b18-10+. The van der Waals surface area contributed by atoms with Crippen LogP contribution in [-0.2, 0) is 11.4 Å². The van der Waals surface area contributed by atoms with Crippen LogP contribution in [0, 0.1) is 18.3 Å². The number of nitrogens with one attached hydrogen (secondary N) is 1. The number of methoxy groups -OCH3 is 1. The second kappa shape index (κ2) is 11.4. The number of ether oxygens (including phenoxy) is 2. The molecule has 8 heteroatoms. The molecule has 33 heavy (non-hydrogen) atoms. The summed E-state index contributed by atoms with van der Waals surface area (Å²) in [5, 5.41) is 12.8. The molecule has 0 saturated heterocycles. The number of hydrogen-bond donors (Lipinski definition) is 1. The number of halogens is 3. The van der Waals surface area contributed by atoms with Crippen molar-refractivity contribution < 1.29 is 14.3 Å². The number of nitriles is 1. The summed E-state index contributed by atoms with van der Waals surface area (Å²) in [7, 11) is 1.53. The zero-order valence-corrected chi connectivity index (χ0v) is 21.7. The van der Waals surface area contributed by atoms with Gasteiger partial charge in [0.25, 0.3) is 5.91 Å². The van der Waals surface area contributed by atoms with E-state index in [2.05, 4.69) is 37.2 Å². The number of carbonyl (C=O) groups is 1. The average molecular weight is 591 g/mol. The minimum Gasteiger partial charge on any atom is -0.493 e. The molecule has 0 fully saturated rings. The third-order valence-corrected chi connectivity index (χ3v) is 6.40. The molecule has 0 aliphatic rings. The summed E-state index contributed by atoms with van der Waals surface area (Å²) >= 11 is 13.0. The number of hydrogen-bond acceptors (Lipinski definition) is 4. The average Bonchev–Trinajstić information content (AvgIpc) is 2.81. The Bertz CT molecular complexity index is 1250. The van der Waals surface area contributed by atoms with E-state index in [0.717, 1.165) is 15.6 Å². The van der Waals surface area contributed by atoms with Crippen LogP contribution in [0.4, 0.5) is 5.69 Å². The van der Waals surface area contributed by atoms with Gasteiger partial charge in [-0.2, -0.15) is 5.26 Å². The lowest BCUT2D eigenvalue weighted by Crippen LogP contribution is -2.14. The largest absolute Gasteiger partial charge is 0.493 e. The van der Waals surface area contributed by atoms with Gasteiger partial charge in [-0.1, -0.05) is 61.7 Å². The van der Waals surface area contributed by atoms with Gasteiger partial charge in [-0.15, -0.1) is 0 Å². The Morgan fingerprint density at radius 2 is 1.88 bits per heavy atom. The van der Waals surface area contributed by atoms with Crippen molar-refractivity contribution in [2.24, 2.45) is 0 Å². The van der Waals surface area contributed by atoms with Gasteiger partial charge in [0.2, 0.25) is 0 Å². The van der Waals surface area contributed by atoms with Crippen molar-refractivity contribution >= 4 is 61.1 Å². The molecule has 168 valence electrons. The number of amides is 1. The number of anilines is 1. The summed E-state index contributed by atoms with van der Waals surface area (Å²) < 4.78 is 13.0. The number of carbonyl (C=O) groups excluding carboxylic acids is 1. The summed E-state index contributed by atoms with van der Waals surface area (Å²) in [6.45, 7) is 2.15. The highest BCUT2D eigenvalue weighted by molar-refractivity contribution is 9.10. The number of benzene rings is 3. The molecule has 0 saturated carbocycles. The predicted octanol–water partition coefficient (Wildman–Crippen LogP) is 7.31. The molecule has 0 spiro atoms. The van der Waals surface area contributed by atoms with Crippen LogP contribution >= 0.6 is 43.5 Å². The van der Waals surface area contributed by atoms with E-state index in [0.29, 0.717) is 38.9 Å². The first-order valence-corrected chi connectivity index (χ1v) is 11.7. The van der Waals surface area contributed by atoms with Gasteiger partial charge < -0.3 is 14.8 Å². The molecule has 0 atom stereocenters. The van der Waals surface area contributed by atoms with E-state index in [1.807, 2.05) is 30.3 Å². The predicted molar refractivity (Wildman–Crippen MR) is 138 cm³/mol. The van der Waals surface area contributed by atoms with Gasteiger partial charge in [0, 0.05) is 19.7 Å². The normalized spacial score (nSPS) is 11.0. The van der Waals surface area contributed by atoms with Gasteiger partial charge >= 0.3 is 0 Å². The van der Waals surface area contributed by atoms with Crippen LogP contribution in [0.3, 0.4) is 0 Å². The Balaban J connectivity index is 1.83. The van der Waals surface area contributed by atoms with Gasteiger partial charge in [0.1, 0.15) is 18.2 Å². The topological polar surface area (TPSA) is 71.3 Å². The first-order chi connectivity index (χ1) is 15.8. The highest BCUT2D eigenvalue weighted by Crippen LogP contribution is 2.35. The van der Waals surface area contributed by atoms with Gasteiger partial charge in [-0.05, 0) is 66.1 Å². The van der Waals surface area contributed by atoms with Crippen molar-refractivity contribution in [3.8, 4) is 17.6 Å². The van der Waals surface area contributed by atoms with Crippen LogP contribution in [0.15, 0.2) is 69.1 Å². The first-order valence-electron chi connectivity index (χ1n) is 9.75. The van der Waals surface area contributed by atoms with Crippen molar-refractivity contribution in [3.05, 3.63) is 90.8 Å². The third kappa shape index (κ3) is 6.38. The summed E-state index contributed by atoms with van der Waals surface area (Å²) in [6, 6.07) is 18.4. The Kier molecular flexibility index (Phi) is 8.56. The minimum absolute atomic E-state index is 0.0688. The number of nitrogens with zero attached hydrogens (tertiary/aromatic N) is 1. The second-order valence-electron chi connectivity index (χ2n) is 6.98. The molecule has 0 heterocycles. The van der Waals surface area contributed by atoms with Gasteiger partial charge in [0.05, 0.1) is 7.11 Å². The van der Waals surface area contributed by atoms with Crippen molar-refractivity contribution in [3.63, 3.8) is 0 Å². The van der Waals surface area contributed by atoms with Crippen LogP contribution in [0.2, 0.25) is 5.02 Å². The van der Waals surface area contributed by atoms with E-state index in [9.17, 15) is 10.1 Å². The first kappa shape index (κ1) is 24.8. The molecule has 0 radical (unpaired) electrons. The van der Waals surface area contributed by atoms with Crippen molar-refractivity contribution in [2.75, 3.05) is 12.4 Å². The molecule has 3 aromatic carbocycles. The lowest BCUT2D eigenvalue weighted by atomic mass is 10.1. The highest BCUT2D eigenvalue weighted by atomic mass is 79.9. The number of rotatable bonds is 7. The lowest BCUT2D eigenvalue weighted by Gasteiger charge is -2.13. The zero-order valence-electron chi connectivity index (χ0n) is 17.8. The summed E-state index contributed by atoms with van der Waals surface area (Å²) in [5.41, 5.74) is 2.79. The van der Waals surface area contributed by atoms with Crippen LogP contribution in [0.1, 0.15) is 16.7 Å². The fourth-order valence-corrected chi connectivity index (χ4v) is 3.79. The maximum absolute atomic E-state index is 12.7. The maximum atomic E-state index is 12.7. The van der Waals surface area contributed by atoms with Crippen LogP contribution in [0.25, 0.3) is 6.08 Å². The van der Waals surface area contributed by atoms with E-state index >= 15 is 0 Å². The molecule has 0 unspecified atom stereocenters. The van der Waals surface area contributed by atoms with Crippen molar-refractivity contribution in [2.45, 2.75) is 13.5 Å². The van der Waals surface area contributed by atoms with E-state index in [1.54, 1.807) is 37.3 Å². The van der Waals surface area contributed by atoms with Gasteiger partial charge in [0.15, 0.2) is 11.5 Å². The second-order valence-corrected chi connectivity index (χ2v) is 9.15. The van der Waals surface area contributed by atoms with Crippen molar-refractivity contribution in [1.82, 2.24) is 0 Å². The molecular formula is C25H19Br2ClN2O3. The molecule has 0 bridgehead atoms. The highest BCUT2D eigenvalue weighted by Gasteiger charge is 2.15. The fourth-order valence-electron chi connectivity index (χ4n) is 2.91. The molecule has 1 amide bonds. The smallest absolute Gasteiger partial charge is 0.266 e. The lowest BCUT2D eigenvalue weighted by molar-refractivity contribution is -0.112. The summed E-state index contributed by atoms with van der Waals surface area (Å²) in [4.78, 5) is 12.7. The van der Waals surface area contributed by atoms with Gasteiger partial charge in [-0.3, -0.25) is 4.79 Å². The maximum Gasteiger partial charge on any atom is 0.266 e. The molecule has 0 aliphatic carbocycles. The Morgan fingerprint density at radius 3 is 2.55 bits per heavy atom. The summed E-state index contributed by atoms with van der Waals surface area (Å²) in [6.07, 6.45) is 1.49. The molecule has 3 aromatic rings. The molecular weight excluding hydrogens is 572 g/mol. The Labute approximate surface area is 214 Å². The van der Waals surface area contributed by atoms with E-state index in [-0.39, 0.29) is 5.57 Å². The van der Waals surface area contributed by atoms with E-state index < -0.39 is 5.91 Å². The molecule has 1 N–H and O–H groups in total. The van der Waals surface area contributed by atoms with Crippen LogP contribution < -0.4 is 14.8 Å². The SMILES string of the molecule is COc1cc(/C=C(\C#N)C(=O)Nc2cccc(Cl)c2C)c(Br)cc1OCc1ccc(Br)cc1. The van der Waals surface area contributed by atoms with E-state index in [1.165, 1.54) is 13.2 Å².